The van der Waals surface area contributed by atoms with Crippen LogP contribution in [-0.4, -0.2) is 19.9 Å². The predicted octanol–water partition coefficient (Wildman–Crippen LogP) is 14.2. The first-order chi connectivity index (χ1) is 28.7. The Labute approximate surface area is 336 Å². The maximum Gasteiger partial charge on any atom is 0.164 e. The Morgan fingerprint density at radius 1 is 0.362 bits per heavy atom. The summed E-state index contributed by atoms with van der Waals surface area (Å²) in [7, 11) is 0. The molecule has 0 fully saturated rings. The van der Waals surface area contributed by atoms with Crippen LogP contribution in [0.25, 0.3) is 120 Å². The first-order valence-electron chi connectivity index (χ1n) is 19.3. The number of thiazole rings is 1. The Bertz CT molecular complexity index is 3570. The number of aromatic nitrogens is 4. The van der Waals surface area contributed by atoms with Gasteiger partial charge < -0.3 is 4.42 Å². The molecule has 0 aliphatic heterocycles. The van der Waals surface area contributed by atoms with Crippen LogP contribution in [0.3, 0.4) is 0 Å². The van der Waals surface area contributed by atoms with Crippen molar-refractivity contribution in [2.24, 2.45) is 0 Å². The van der Waals surface area contributed by atoms with Crippen molar-refractivity contribution in [2.75, 3.05) is 0 Å². The summed E-state index contributed by atoms with van der Waals surface area (Å²) in [6.45, 7) is 0. The molecule has 270 valence electrons. The lowest BCUT2D eigenvalue weighted by Crippen LogP contribution is -2.00. The second-order valence-electron chi connectivity index (χ2n) is 14.6. The van der Waals surface area contributed by atoms with E-state index in [-0.39, 0.29) is 0 Å². The van der Waals surface area contributed by atoms with E-state index < -0.39 is 0 Å². The van der Waals surface area contributed by atoms with Crippen LogP contribution < -0.4 is 0 Å². The molecule has 0 unspecified atom stereocenters. The second kappa shape index (κ2) is 13.0. The van der Waals surface area contributed by atoms with Crippen molar-refractivity contribution in [3.8, 4) is 55.9 Å². The number of nitrogens with zero attached hydrogens (tertiary/aromatic N) is 4. The Morgan fingerprint density at radius 3 is 1.86 bits per heavy atom. The first kappa shape index (κ1) is 32.7. The largest absolute Gasteiger partial charge is 0.456 e. The number of hydrogen-bond donors (Lipinski definition) is 0. The van der Waals surface area contributed by atoms with Gasteiger partial charge in [-0.1, -0.05) is 152 Å². The van der Waals surface area contributed by atoms with E-state index in [0.29, 0.717) is 17.5 Å². The van der Waals surface area contributed by atoms with Gasteiger partial charge >= 0.3 is 0 Å². The molecule has 9 aromatic carbocycles. The summed E-state index contributed by atoms with van der Waals surface area (Å²) in [5.41, 5.74) is 8.76. The van der Waals surface area contributed by atoms with Gasteiger partial charge in [0.05, 0.1) is 15.6 Å². The fourth-order valence-corrected chi connectivity index (χ4v) is 9.24. The van der Waals surface area contributed by atoms with Gasteiger partial charge in [-0.2, -0.15) is 0 Å². The molecule has 5 nitrogen and oxygen atoms in total. The molecular weight excluding hydrogens is 729 g/mol. The van der Waals surface area contributed by atoms with Crippen LogP contribution in [0.4, 0.5) is 0 Å². The van der Waals surface area contributed by atoms with Crippen LogP contribution >= 0.6 is 11.3 Å². The lowest BCUT2D eigenvalue weighted by Gasteiger charge is -2.11. The number of furan rings is 1. The Morgan fingerprint density at radius 2 is 0.983 bits per heavy atom. The highest BCUT2D eigenvalue weighted by Gasteiger charge is 2.19. The summed E-state index contributed by atoms with van der Waals surface area (Å²) in [5, 5.41) is 9.87. The van der Waals surface area contributed by atoms with Gasteiger partial charge in [-0.05, 0) is 73.8 Å². The predicted molar refractivity (Wildman–Crippen MR) is 240 cm³/mol. The summed E-state index contributed by atoms with van der Waals surface area (Å²) < 4.78 is 7.63. The topological polar surface area (TPSA) is 64.7 Å². The van der Waals surface area contributed by atoms with Gasteiger partial charge in [0, 0.05) is 27.6 Å². The van der Waals surface area contributed by atoms with Crippen LogP contribution in [0.1, 0.15) is 0 Å². The van der Waals surface area contributed by atoms with Gasteiger partial charge in [0.15, 0.2) is 17.5 Å². The summed E-state index contributed by atoms with van der Waals surface area (Å²) in [6, 6.07) is 63.4. The van der Waals surface area contributed by atoms with Gasteiger partial charge in [-0.15, -0.1) is 11.3 Å². The normalized spacial score (nSPS) is 11.8. The summed E-state index contributed by atoms with van der Waals surface area (Å²) in [4.78, 5) is 20.8. The monoisotopic (exact) mass is 758 g/mol. The number of rotatable bonds is 5. The summed E-state index contributed by atoms with van der Waals surface area (Å²) in [6.07, 6.45) is 0. The number of fused-ring (bicyclic) bond motifs is 9. The van der Waals surface area contributed by atoms with Crippen molar-refractivity contribution < 1.29 is 4.42 Å². The molecule has 0 saturated carbocycles. The molecule has 12 rings (SSSR count). The molecule has 0 N–H and O–H groups in total. The maximum atomic E-state index is 6.51. The van der Waals surface area contributed by atoms with Gasteiger partial charge in [0.25, 0.3) is 0 Å². The van der Waals surface area contributed by atoms with Gasteiger partial charge in [0.1, 0.15) is 16.2 Å². The fourth-order valence-electron chi connectivity index (χ4n) is 8.26. The fraction of sp³-hybridized carbons (Fsp3) is 0. The zero-order valence-corrected chi connectivity index (χ0v) is 31.7. The molecule has 0 bridgehead atoms. The van der Waals surface area contributed by atoms with Gasteiger partial charge in [-0.3, -0.25) is 0 Å². The smallest absolute Gasteiger partial charge is 0.164 e. The van der Waals surface area contributed by atoms with Crippen LogP contribution in [0, 0.1) is 0 Å². The van der Waals surface area contributed by atoms with Crippen molar-refractivity contribution in [2.45, 2.75) is 0 Å². The molecule has 0 atom stereocenters. The van der Waals surface area contributed by atoms with E-state index in [4.69, 9.17) is 24.4 Å². The molecule has 6 heteroatoms. The first-order valence-corrected chi connectivity index (χ1v) is 20.1. The lowest BCUT2D eigenvalue weighted by molar-refractivity contribution is 0.669. The minimum absolute atomic E-state index is 0.600. The van der Waals surface area contributed by atoms with E-state index >= 15 is 0 Å². The van der Waals surface area contributed by atoms with E-state index in [0.717, 1.165) is 86.5 Å². The van der Waals surface area contributed by atoms with E-state index in [2.05, 4.69) is 176 Å². The Balaban J connectivity index is 1.04. The number of benzene rings is 9. The third-order valence-electron chi connectivity index (χ3n) is 11.1. The average Bonchev–Trinajstić information content (AvgIpc) is 3.91. The van der Waals surface area contributed by atoms with E-state index in [1.54, 1.807) is 11.3 Å². The van der Waals surface area contributed by atoms with Crippen molar-refractivity contribution in [3.63, 3.8) is 0 Å². The van der Waals surface area contributed by atoms with Crippen molar-refractivity contribution in [1.29, 1.82) is 0 Å². The maximum absolute atomic E-state index is 6.51. The van der Waals surface area contributed by atoms with Gasteiger partial charge in [-0.25, -0.2) is 19.9 Å². The minimum atomic E-state index is 0.600. The molecule has 0 aliphatic rings. The van der Waals surface area contributed by atoms with Crippen LogP contribution in [0.5, 0.6) is 0 Å². The molecule has 3 heterocycles. The number of hydrogen-bond acceptors (Lipinski definition) is 6. The Kier molecular flexibility index (Phi) is 7.33. The Hall–Kier alpha value is -7.54. The molecule has 0 saturated heterocycles. The highest BCUT2D eigenvalue weighted by Crippen LogP contribution is 2.42. The van der Waals surface area contributed by atoms with Gasteiger partial charge in [0.2, 0.25) is 0 Å². The van der Waals surface area contributed by atoms with E-state index in [1.807, 2.05) is 6.07 Å². The van der Waals surface area contributed by atoms with E-state index in [1.165, 1.54) is 16.3 Å². The molecule has 0 amide bonds. The summed E-state index contributed by atoms with van der Waals surface area (Å²) in [5.74, 6) is 1.84. The molecule has 3 aromatic heterocycles. The molecule has 58 heavy (non-hydrogen) atoms. The van der Waals surface area contributed by atoms with Crippen LogP contribution in [0.2, 0.25) is 0 Å². The average molecular weight is 759 g/mol. The SMILES string of the molecule is c1ccc(-c2nc3c(ccc4oc5ccc6ccc(-c7nc(-c8ccc(-c9ccc%10ccccc%10c9)cc8)nc(-c8cccc9ccccc89)n7)cc6c5c43)s2)cc1. The summed E-state index contributed by atoms with van der Waals surface area (Å²) >= 11 is 1.70. The lowest BCUT2D eigenvalue weighted by atomic mass is 10.00. The molecule has 0 radical (unpaired) electrons. The van der Waals surface area contributed by atoms with Crippen LogP contribution in [-0.2, 0) is 0 Å². The standard InChI is InChI=1S/C52H30N4OS/c1-2-11-36(12-3-1)52-53-48-45(58-52)28-27-44-47(48)46-42-30-39(24-20-34(42)25-26-43(46)57-44)50-54-49(55-51(56-50)41-16-8-14-33-10-6-7-15-40(33)41)35-21-17-32(18-22-35)38-23-19-31-9-4-5-13-37(31)29-38/h1-30H. The van der Waals surface area contributed by atoms with E-state index in [9.17, 15) is 0 Å². The zero-order valence-electron chi connectivity index (χ0n) is 30.9. The third kappa shape index (κ3) is 5.38. The quantitative estimate of drug-likeness (QED) is 0.175. The zero-order chi connectivity index (χ0) is 38.2. The minimum Gasteiger partial charge on any atom is -0.456 e. The second-order valence-corrected chi connectivity index (χ2v) is 15.7. The highest BCUT2D eigenvalue weighted by molar-refractivity contribution is 7.21. The van der Waals surface area contributed by atoms with Crippen molar-refractivity contribution >= 4 is 75.8 Å². The molecular formula is C52H30N4OS. The molecule has 12 aromatic rings. The van der Waals surface area contributed by atoms with Crippen molar-refractivity contribution in [1.82, 2.24) is 19.9 Å². The van der Waals surface area contributed by atoms with Crippen LogP contribution in [0.15, 0.2) is 186 Å². The third-order valence-corrected chi connectivity index (χ3v) is 12.2. The molecule has 0 aliphatic carbocycles. The molecule has 0 spiro atoms. The highest BCUT2D eigenvalue weighted by atomic mass is 32.1. The van der Waals surface area contributed by atoms with Crippen molar-refractivity contribution in [3.05, 3.63) is 182 Å².